The Hall–Kier alpha value is -1.42. The number of halogens is 1. The highest BCUT2D eigenvalue weighted by atomic mass is 19.1. The minimum Gasteiger partial charge on any atom is -0.319 e. The summed E-state index contributed by atoms with van der Waals surface area (Å²) in [5.74, 6) is 1.17. The van der Waals surface area contributed by atoms with Crippen molar-refractivity contribution in [1.29, 1.82) is 0 Å². The summed E-state index contributed by atoms with van der Waals surface area (Å²) in [4.78, 5) is 14.2. The summed E-state index contributed by atoms with van der Waals surface area (Å²) in [6.07, 6.45) is 2.85. The molecule has 1 heterocycles. The molecule has 2 aliphatic rings. The van der Waals surface area contributed by atoms with Crippen molar-refractivity contribution in [3.63, 3.8) is 0 Å². The number of hydrogen-bond donors (Lipinski definition) is 1. The van der Waals surface area contributed by atoms with Gasteiger partial charge in [0.05, 0.1) is 6.54 Å². The summed E-state index contributed by atoms with van der Waals surface area (Å²) in [6, 6.07) is 6.97. The molecule has 4 unspecified atom stereocenters. The van der Waals surface area contributed by atoms with Gasteiger partial charge in [-0.25, -0.2) is 4.39 Å². The van der Waals surface area contributed by atoms with Gasteiger partial charge in [-0.3, -0.25) is 10.1 Å². The first-order valence-corrected chi connectivity index (χ1v) is 7.87. The maximum atomic E-state index is 14.1. The number of rotatable bonds is 2. The van der Waals surface area contributed by atoms with Gasteiger partial charge in [-0.2, -0.15) is 0 Å². The van der Waals surface area contributed by atoms with Gasteiger partial charge >= 0.3 is 0 Å². The van der Waals surface area contributed by atoms with Crippen LogP contribution in [0, 0.1) is 17.7 Å². The average Bonchev–Trinajstić information content (AvgIpc) is 2.84. The lowest BCUT2D eigenvalue weighted by atomic mass is 9.78. The Morgan fingerprint density at radius 1 is 1.19 bits per heavy atom. The first-order valence-electron chi connectivity index (χ1n) is 7.87. The normalized spacial score (nSPS) is 33.5. The Labute approximate surface area is 125 Å². The molecular formula is C17H23FN2O. The molecule has 1 aromatic rings. The van der Waals surface area contributed by atoms with Crippen LogP contribution in [-0.4, -0.2) is 23.4 Å². The fourth-order valence-electron chi connectivity index (χ4n) is 3.66. The third-order valence-corrected chi connectivity index (χ3v) is 5.18. The van der Waals surface area contributed by atoms with Crippen molar-refractivity contribution >= 4 is 5.91 Å². The maximum Gasteiger partial charge on any atom is 0.238 e. The molecule has 4 heteroatoms. The van der Waals surface area contributed by atoms with Crippen LogP contribution in [0.15, 0.2) is 24.3 Å². The van der Waals surface area contributed by atoms with E-state index in [1.165, 1.54) is 6.07 Å². The van der Waals surface area contributed by atoms with Crippen LogP contribution in [0.2, 0.25) is 0 Å². The quantitative estimate of drug-likeness (QED) is 0.908. The van der Waals surface area contributed by atoms with Crippen LogP contribution < -0.4 is 5.32 Å². The van der Waals surface area contributed by atoms with Crippen LogP contribution in [0.1, 0.15) is 44.8 Å². The SMILES string of the molecule is CC1CCC(N2C(=O)CNC2c2ccccc2F)CC1C. The van der Waals surface area contributed by atoms with Gasteiger partial charge in [-0.05, 0) is 37.2 Å². The molecule has 0 aromatic heterocycles. The van der Waals surface area contributed by atoms with E-state index in [4.69, 9.17) is 0 Å². The van der Waals surface area contributed by atoms with Crippen molar-refractivity contribution in [3.05, 3.63) is 35.6 Å². The van der Waals surface area contributed by atoms with E-state index in [2.05, 4.69) is 19.2 Å². The first-order chi connectivity index (χ1) is 10.1. The van der Waals surface area contributed by atoms with E-state index < -0.39 is 0 Å². The average molecular weight is 290 g/mol. The van der Waals surface area contributed by atoms with E-state index >= 15 is 0 Å². The molecule has 3 rings (SSSR count). The molecule has 2 fully saturated rings. The number of benzene rings is 1. The Balaban J connectivity index is 1.85. The van der Waals surface area contributed by atoms with Crippen LogP contribution in [0.25, 0.3) is 0 Å². The third-order valence-electron chi connectivity index (χ3n) is 5.18. The standard InChI is InChI=1S/C17H23FN2O/c1-11-7-8-13(9-12(11)2)20-16(21)10-19-17(20)14-5-3-4-6-15(14)18/h3-6,11-13,17,19H,7-10H2,1-2H3. The molecule has 1 aromatic carbocycles. The molecule has 21 heavy (non-hydrogen) atoms. The molecule has 1 saturated carbocycles. The number of carbonyl (C=O) groups is 1. The third kappa shape index (κ3) is 2.69. The zero-order chi connectivity index (χ0) is 15.0. The molecule has 3 nitrogen and oxygen atoms in total. The summed E-state index contributed by atoms with van der Waals surface area (Å²) in [5.41, 5.74) is 0.578. The van der Waals surface area contributed by atoms with Gasteiger partial charge in [0, 0.05) is 11.6 Å². The van der Waals surface area contributed by atoms with Gasteiger partial charge in [0.15, 0.2) is 0 Å². The molecule has 1 aliphatic carbocycles. The van der Waals surface area contributed by atoms with Crippen molar-refractivity contribution in [2.75, 3.05) is 6.54 Å². The van der Waals surface area contributed by atoms with Crippen LogP contribution in [0.5, 0.6) is 0 Å². The lowest BCUT2D eigenvalue weighted by molar-refractivity contribution is -0.131. The Morgan fingerprint density at radius 3 is 2.67 bits per heavy atom. The van der Waals surface area contributed by atoms with Gasteiger partial charge in [0.25, 0.3) is 0 Å². The lowest BCUT2D eigenvalue weighted by Crippen LogP contribution is -2.43. The summed E-state index contributed by atoms with van der Waals surface area (Å²) >= 11 is 0. The summed E-state index contributed by atoms with van der Waals surface area (Å²) in [6.45, 7) is 4.83. The van der Waals surface area contributed by atoms with Crippen LogP contribution in [0.4, 0.5) is 4.39 Å². The highest BCUT2D eigenvalue weighted by molar-refractivity contribution is 5.81. The van der Waals surface area contributed by atoms with Crippen LogP contribution in [0.3, 0.4) is 0 Å². The van der Waals surface area contributed by atoms with Gasteiger partial charge in [0.1, 0.15) is 12.0 Å². The van der Waals surface area contributed by atoms with Crippen LogP contribution >= 0.6 is 0 Å². The molecule has 0 radical (unpaired) electrons. The molecule has 0 spiro atoms. The van der Waals surface area contributed by atoms with Crippen molar-refractivity contribution < 1.29 is 9.18 Å². The second-order valence-electron chi connectivity index (χ2n) is 6.53. The molecule has 1 saturated heterocycles. The van der Waals surface area contributed by atoms with Crippen molar-refractivity contribution in [1.82, 2.24) is 10.2 Å². The van der Waals surface area contributed by atoms with E-state index in [1.807, 2.05) is 11.0 Å². The maximum absolute atomic E-state index is 14.1. The van der Waals surface area contributed by atoms with Gasteiger partial charge in [0.2, 0.25) is 5.91 Å². The van der Waals surface area contributed by atoms with E-state index in [1.54, 1.807) is 12.1 Å². The Morgan fingerprint density at radius 2 is 1.95 bits per heavy atom. The molecule has 114 valence electrons. The van der Waals surface area contributed by atoms with Gasteiger partial charge < -0.3 is 4.90 Å². The Kier molecular flexibility index (Phi) is 3.98. The molecule has 1 aliphatic heterocycles. The zero-order valence-electron chi connectivity index (χ0n) is 12.7. The van der Waals surface area contributed by atoms with Crippen molar-refractivity contribution in [3.8, 4) is 0 Å². The van der Waals surface area contributed by atoms with Gasteiger partial charge in [-0.15, -0.1) is 0 Å². The minimum absolute atomic E-state index is 0.0926. The first kappa shape index (κ1) is 14.5. The fourth-order valence-corrected chi connectivity index (χ4v) is 3.66. The van der Waals surface area contributed by atoms with E-state index in [9.17, 15) is 9.18 Å². The Bertz CT molecular complexity index is 533. The predicted molar refractivity (Wildman–Crippen MR) is 80.0 cm³/mol. The van der Waals surface area contributed by atoms with E-state index in [0.717, 1.165) is 19.3 Å². The minimum atomic E-state index is -0.315. The monoisotopic (exact) mass is 290 g/mol. The second kappa shape index (κ2) is 5.76. The molecule has 4 atom stereocenters. The number of nitrogens with one attached hydrogen (secondary N) is 1. The molecule has 1 amide bonds. The number of amides is 1. The topological polar surface area (TPSA) is 32.3 Å². The van der Waals surface area contributed by atoms with Crippen molar-refractivity contribution in [2.45, 2.75) is 45.3 Å². The zero-order valence-corrected chi connectivity index (χ0v) is 12.7. The van der Waals surface area contributed by atoms with Crippen LogP contribution in [-0.2, 0) is 4.79 Å². The molecule has 0 bridgehead atoms. The highest BCUT2D eigenvalue weighted by Crippen LogP contribution is 2.36. The molecular weight excluding hydrogens is 267 g/mol. The summed E-state index contributed by atoms with van der Waals surface area (Å²) in [7, 11) is 0. The predicted octanol–water partition coefficient (Wildman–Crippen LogP) is 3.08. The summed E-state index contributed by atoms with van der Waals surface area (Å²) in [5, 5.41) is 3.17. The summed E-state index contributed by atoms with van der Waals surface area (Å²) < 4.78 is 14.1. The number of carbonyl (C=O) groups excluding carboxylic acids is 1. The van der Waals surface area contributed by atoms with E-state index in [-0.39, 0.29) is 23.9 Å². The highest BCUT2D eigenvalue weighted by Gasteiger charge is 2.40. The lowest BCUT2D eigenvalue weighted by Gasteiger charge is -2.40. The van der Waals surface area contributed by atoms with Crippen molar-refractivity contribution in [2.24, 2.45) is 11.8 Å². The smallest absolute Gasteiger partial charge is 0.238 e. The largest absolute Gasteiger partial charge is 0.319 e. The second-order valence-corrected chi connectivity index (χ2v) is 6.53. The van der Waals surface area contributed by atoms with Gasteiger partial charge in [-0.1, -0.05) is 32.0 Å². The fraction of sp³-hybridized carbons (Fsp3) is 0.588. The van der Waals surface area contributed by atoms with E-state index in [0.29, 0.717) is 23.9 Å². The molecule has 1 N–H and O–H groups in total. The number of nitrogens with zero attached hydrogens (tertiary/aromatic N) is 1. The number of hydrogen-bond acceptors (Lipinski definition) is 2.